The molecule has 108 valence electrons. The first-order valence-electron chi connectivity index (χ1n) is 7.62. The highest BCUT2D eigenvalue weighted by atomic mass is 14.7. The fraction of sp³-hybridized carbons (Fsp3) is 0.706. The molecule has 0 heterocycles. The van der Waals surface area contributed by atoms with Crippen molar-refractivity contribution >= 4 is 6.21 Å². The molecule has 0 aromatic rings. The zero-order valence-corrected chi connectivity index (χ0v) is 14.1. The van der Waals surface area contributed by atoms with Crippen molar-refractivity contribution in [1.29, 1.82) is 0 Å². The predicted octanol–water partition coefficient (Wildman–Crippen LogP) is 6.56. The summed E-state index contributed by atoms with van der Waals surface area (Å²) in [5.74, 6) is 0. The Balaban J connectivity index is -0.000000328. The minimum Gasteiger partial charge on any atom is -0.266 e. The van der Waals surface area contributed by atoms with Crippen molar-refractivity contribution in [1.82, 2.24) is 0 Å². The Morgan fingerprint density at radius 1 is 1.00 bits per heavy atom. The Hall–Kier alpha value is -0.850. The van der Waals surface area contributed by atoms with E-state index in [0.29, 0.717) is 0 Å². The van der Waals surface area contributed by atoms with Gasteiger partial charge in [-0.2, -0.15) is 0 Å². The van der Waals surface area contributed by atoms with Gasteiger partial charge in [0, 0.05) is 11.9 Å². The molecule has 0 aliphatic heterocycles. The van der Waals surface area contributed by atoms with E-state index in [1.807, 2.05) is 54.7 Å². The standard InChI is InChI=1S/C11H17N.3C2H6/c1-4-12-11-8-6-5-7-10(11)9(2)3;3*1-2/h4H,2,5-8H2,1,3H3;3*1-2H3. The van der Waals surface area contributed by atoms with Crippen molar-refractivity contribution < 1.29 is 0 Å². The monoisotopic (exact) mass is 253 g/mol. The SMILES string of the molecule is C=C(C)C1=C(N=CC)CCCC1.CC.CC.CC. The Morgan fingerprint density at radius 2 is 1.44 bits per heavy atom. The summed E-state index contributed by atoms with van der Waals surface area (Å²) in [6.07, 6.45) is 6.76. The van der Waals surface area contributed by atoms with E-state index in [-0.39, 0.29) is 0 Å². The molecule has 0 N–H and O–H groups in total. The summed E-state index contributed by atoms with van der Waals surface area (Å²) in [7, 11) is 0. The van der Waals surface area contributed by atoms with Gasteiger partial charge in [-0.15, -0.1) is 0 Å². The molecule has 18 heavy (non-hydrogen) atoms. The van der Waals surface area contributed by atoms with Crippen LogP contribution in [0.2, 0.25) is 0 Å². The molecular formula is C17H35N. The second-order valence-electron chi connectivity index (χ2n) is 3.30. The summed E-state index contributed by atoms with van der Waals surface area (Å²) in [5, 5.41) is 0. The van der Waals surface area contributed by atoms with Crippen molar-refractivity contribution in [3.05, 3.63) is 23.4 Å². The van der Waals surface area contributed by atoms with Gasteiger partial charge in [0.2, 0.25) is 0 Å². The summed E-state index contributed by atoms with van der Waals surface area (Å²) < 4.78 is 0. The maximum atomic E-state index is 4.38. The maximum absolute atomic E-state index is 4.38. The Kier molecular flexibility index (Phi) is 23.0. The second kappa shape index (κ2) is 18.5. The minimum atomic E-state index is 1.13. The van der Waals surface area contributed by atoms with Crippen LogP contribution in [-0.4, -0.2) is 6.21 Å². The van der Waals surface area contributed by atoms with Gasteiger partial charge in [-0.1, -0.05) is 53.7 Å². The van der Waals surface area contributed by atoms with Crippen LogP contribution in [0.25, 0.3) is 0 Å². The van der Waals surface area contributed by atoms with Crippen LogP contribution in [-0.2, 0) is 0 Å². The number of aliphatic imine (C=N–C) groups is 1. The summed E-state index contributed by atoms with van der Waals surface area (Å²) in [6.45, 7) is 20.0. The van der Waals surface area contributed by atoms with Crippen LogP contribution in [0.3, 0.4) is 0 Å². The fourth-order valence-electron chi connectivity index (χ4n) is 1.65. The van der Waals surface area contributed by atoms with Gasteiger partial charge < -0.3 is 0 Å². The molecule has 0 aromatic heterocycles. The number of hydrogen-bond donors (Lipinski definition) is 0. The van der Waals surface area contributed by atoms with Crippen LogP contribution in [0, 0.1) is 0 Å². The van der Waals surface area contributed by atoms with Gasteiger partial charge >= 0.3 is 0 Å². The topological polar surface area (TPSA) is 12.4 Å². The van der Waals surface area contributed by atoms with Crippen LogP contribution in [0.1, 0.15) is 81.1 Å². The smallest absolute Gasteiger partial charge is 0.0433 e. The molecule has 1 rings (SSSR count). The molecule has 0 spiro atoms. The van der Waals surface area contributed by atoms with E-state index in [1.54, 1.807) is 0 Å². The molecule has 0 unspecified atom stereocenters. The molecule has 1 nitrogen and oxygen atoms in total. The lowest BCUT2D eigenvalue weighted by Gasteiger charge is -2.17. The number of nitrogens with zero attached hydrogens (tertiary/aromatic N) is 1. The fourth-order valence-corrected chi connectivity index (χ4v) is 1.65. The van der Waals surface area contributed by atoms with Crippen LogP contribution < -0.4 is 0 Å². The molecule has 0 amide bonds. The average Bonchev–Trinajstić information content (AvgIpc) is 2.46. The van der Waals surface area contributed by atoms with E-state index in [2.05, 4.69) is 18.5 Å². The zero-order valence-electron chi connectivity index (χ0n) is 14.1. The lowest BCUT2D eigenvalue weighted by molar-refractivity contribution is 0.672. The molecule has 1 heteroatoms. The minimum absolute atomic E-state index is 1.13. The summed E-state index contributed by atoms with van der Waals surface area (Å²) in [5.41, 5.74) is 3.84. The molecule has 0 bridgehead atoms. The van der Waals surface area contributed by atoms with E-state index in [4.69, 9.17) is 0 Å². The molecule has 1 aliphatic carbocycles. The molecule has 1 aliphatic rings. The Morgan fingerprint density at radius 3 is 1.83 bits per heavy atom. The van der Waals surface area contributed by atoms with Crippen molar-refractivity contribution in [2.75, 3.05) is 0 Å². The highest BCUT2D eigenvalue weighted by Gasteiger charge is 2.11. The molecule has 0 radical (unpaired) electrons. The normalized spacial score (nSPS) is 13.6. The van der Waals surface area contributed by atoms with Crippen molar-refractivity contribution in [2.45, 2.75) is 81.1 Å². The van der Waals surface area contributed by atoms with E-state index >= 15 is 0 Å². The number of allylic oxidation sites excluding steroid dienone is 3. The second-order valence-corrected chi connectivity index (χ2v) is 3.30. The highest BCUT2D eigenvalue weighted by Crippen LogP contribution is 2.29. The summed E-state index contributed by atoms with van der Waals surface area (Å²) in [4.78, 5) is 4.38. The van der Waals surface area contributed by atoms with Crippen LogP contribution in [0.5, 0.6) is 0 Å². The number of rotatable bonds is 2. The van der Waals surface area contributed by atoms with E-state index < -0.39 is 0 Å². The van der Waals surface area contributed by atoms with Gasteiger partial charge in [-0.3, -0.25) is 4.99 Å². The third-order valence-corrected chi connectivity index (χ3v) is 2.24. The van der Waals surface area contributed by atoms with E-state index in [1.165, 1.54) is 36.1 Å². The molecule has 0 fully saturated rings. The van der Waals surface area contributed by atoms with Crippen molar-refractivity contribution in [3.63, 3.8) is 0 Å². The lowest BCUT2D eigenvalue weighted by Crippen LogP contribution is -1.99. The van der Waals surface area contributed by atoms with Gasteiger partial charge in [0.15, 0.2) is 0 Å². The van der Waals surface area contributed by atoms with Crippen molar-refractivity contribution in [2.24, 2.45) is 4.99 Å². The summed E-state index contributed by atoms with van der Waals surface area (Å²) in [6, 6.07) is 0. The predicted molar refractivity (Wildman–Crippen MR) is 88.5 cm³/mol. The van der Waals surface area contributed by atoms with Crippen LogP contribution in [0.15, 0.2) is 28.4 Å². The van der Waals surface area contributed by atoms with E-state index in [9.17, 15) is 0 Å². The van der Waals surface area contributed by atoms with Gasteiger partial charge in [-0.05, 0) is 45.1 Å². The lowest BCUT2D eigenvalue weighted by atomic mass is 9.92. The Labute approximate surface area is 116 Å². The Bertz CT molecular complexity index is 234. The molecule has 0 aromatic carbocycles. The van der Waals surface area contributed by atoms with Crippen LogP contribution in [0.4, 0.5) is 0 Å². The first-order chi connectivity index (χ1) is 8.75. The van der Waals surface area contributed by atoms with Gasteiger partial charge in [-0.25, -0.2) is 0 Å². The van der Waals surface area contributed by atoms with Crippen LogP contribution >= 0.6 is 0 Å². The zero-order chi connectivity index (χ0) is 15.0. The highest BCUT2D eigenvalue weighted by molar-refractivity contribution is 5.56. The maximum Gasteiger partial charge on any atom is 0.0433 e. The first kappa shape index (κ1) is 22.3. The quantitative estimate of drug-likeness (QED) is 0.494. The van der Waals surface area contributed by atoms with Gasteiger partial charge in [0.25, 0.3) is 0 Å². The third-order valence-electron chi connectivity index (χ3n) is 2.24. The number of hydrogen-bond acceptors (Lipinski definition) is 1. The van der Waals surface area contributed by atoms with Gasteiger partial charge in [0.1, 0.15) is 0 Å². The van der Waals surface area contributed by atoms with Crippen molar-refractivity contribution in [3.8, 4) is 0 Å². The summed E-state index contributed by atoms with van der Waals surface area (Å²) >= 11 is 0. The largest absolute Gasteiger partial charge is 0.266 e. The van der Waals surface area contributed by atoms with Gasteiger partial charge in [0.05, 0.1) is 0 Å². The third kappa shape index (κ3) is 10.3. The molecule has 0 saturated heterocycles. The van der Waals surface area contributed by atoms with E-state index in [0.717, 1.165) is 6.42 Å². The molecular weight excluding hydrogens is 218 g/mol. The molecule has 0 atom stereocenters. The first-order valence-corrected chi connectivity index (χ1v) is 7.62. The average molecular weight is 253 g/mol. The molecule has 0 saturated carbocycles.